The van der Waals surface area contributed by atoms with E-state index < -0.39 is 12.0 Å². The molecule has 42 heavy (non-hydrogen) atoms. The smallest absolute Gasteiger partial charge is 0.305 e. The Balaban J connectivity index is 0.000000156. The fraction of sp³-hybridized carbons (Fsp3) is 0.297. The second-order valence-corrected chi connectivity index (χ2v) is 11.5. The number of para-hydroxylation sites is 1. The van der Waals surface area contributed by atoms with Crippen molar-refractivity contribution in [3.05, 3.63) is 124 Å². The fourth-order valence-corrected chi connectivity index (χ4v) is 6.67. The summed E-state index contributed by atoms with van der Waals surface area (Å²) in [4.78, 5) is 25.6. The maximum absolute atomic E-state index is 12.8. The Bertz CT molecular complexity index is 1580. The van der Waals surface area contributed by atoms with Gasteiger partial charge in [-0.05, 0) is 95.5 Å². The predicted molar refractivity (Wildman–Crippen MR) is 168 cm³/mol. The number of hydrogen-bond acceptors (Lipinski definition) is 3. The second kappa shape index (κ2) is 12.6. The van der Waals surface area contributed by atoms with Gasteiger partial charge in [-0.1, -0.05) is 84.9 Å². The molecular formula is C37H38N2O3. The van der Waals surface area contributed by atoms with Crippen LogP contribution in [-0.4, -0.2) is 34.5 Å². The van der Waals surface area contributed by atoms with Gasteiger partial charge in [0.1, 0.15) is 6.04 Å². The van der Waals surface area contributed by atoms with E-state index in [1.54, 1.807) is 21.6 Å². The first-order valence-electron chi connectivity index (χ1n) is 15.2. The van der Waals surface area contributed by atoms with Crippen LogP contribution in [0.2, 0.25) is 0 Å². The molecule has 3 aliphatic rings. The van der Waals surface area contributed by atoms with E-state index in [1.807, 2.05) is 54.6 Å². The van der Waals surface area contributed by atoms with Crippen LogP contribution in [0.1, 0.15) is 52.6 Å². The Labute approximate surface area is 248 Å². The molecule has 1 aliphatic heterocycles. The third-order valence-corrected chi connectivity index (χ3v) is 8.81. The highest BCUT2D eigenvalue weighted by Gasteiger charge is 2.30. The number of benzene rings is 4. The number of carbonyl (C=O) groups is 2. The van der Waals surface area contributed by atoms with E-state index >= 15 is 0 Å². The highest BCUT2D eigenvalue weighted by molar-refractivity contribution is 5.90. The summed E-state index contributed by atoms with van der Waals surface area (Å²) in [7, 11) is 0. The van der Waals surface area contributed by atoms with Gasteiger partial charge in [-0.25, -0.2) is 0 Å². The largest absolute Gasteiger partial charge is 0.481 e. The normalized spacial score (nSPS) is 16.8. The number of carbonyl (C=O) groups excluding carboxylic acids is 1. The molecule has 4 aromatic rings. The van der Waals surface area contributed by atoms with E-state index in [-0.39, 0.29) is 12.3 Å². The van der Waals surface area contributed by atoms with Crippen LogP contribution in [0.25, 0.3) is 11.1 Å². The molecule has 0 radical (unpaired) electrons. The topological polar surface area (TPSA) is 69.6 Å². The van der Waals surface area contributed by atoms with E-state index in [0.717, 1.165) is 23.2 Å². The minimum absolute atomic E-state index is 0.162. The van der Waals surface area contributed by atoms with E-state index in [1.165, 1.54) is 55.2 Å². The van der Waals surface area contributed by atoms with Crippen LogP contribution in [0.5, 0.6) is 0 Å². The Hall–Kier alpha value is -4.38. The highest BCUT2D eigenvalue weighted by Crippen LogP contribution is 2.38. The lowest BCUT2D eigenvalue weighted by Crippen LogP contribution is -2.42. The van der Waals surface area contributed by atoms with E-state index in [2.05, 4.69) is 41.7 Å². The van der Waals surface area contributed by atoms with Crippen molar-refractivity contribution < 1.29 is 14.7 Å². The maximum atomic E-state index is 12.8. The number of aliphatic carboxylic acids is 1. The molecule has 0 aromatic heterocycles. The molecule has 1 amide bonds. The van der Waals surface area contributed by atoms with Gasteiger partial charge in [0.05, 0.1) is 6.42 Å². The van der Waals surface area contributed by atoms with Crippen LogP contribution in [0.3, 0.4) is 0 Å². The Morgan fingerprint density at radius 3 is 2.31 bits per heavy atom. The molecule has 2 N–H and O–H groups in total. The monoisotopic (exact) mass is 558 g/mol. The van der Waals surface area contributed by atoms with Crippen molar-refractivity contribution in [2.24, 2.45) is 0 Å². The van der Waals surface area contributed by atoms with Gasteiger partial charge in [0, 0.05) is 18.8 Å². The molecule has 4 aromatic carbocycles. The number of rotatable bonds is 5. The molecule has 5 nitrogen and oxygen atoms in total. The SMILES string of the molecule is O=C(O)CC1Nc2ccccc2CN(CCc2ccccc2)C1=O.c1ccc2c(c1)CCc1c-2ccc2c1CCCC2. The first kappa shape index (κ1) is 27.8. The third-order valence-electron chi connectivity index (χ3n) is 8.81. The number of nitrogens with zero attached hydrogens (tertiary/aromatic N) is 1. The van der Waals surface area contributed by atoms with Crippen LogP contribution < -0.4 is 5.32 Å². The standard InChI is InChI=1S/C19H20N2O3.C18H18/c22-18(23)12-17-19(24)21(11-10-14-6-2-1-3-7-14)13-15-8-4-5-9-16(15)20-17;1-3-7-15-13(5-1)9-11-18-16-8-4-2-6-14(16)10-12-17(15)18/h1-9,17,20H,10-13H2,(H,22,23);1,3,5,7,10,12H,2,4,6,8-9,11H2. The molecule has 214 valence electrons. The number of carboxylic acid groups (broad SMARTS) is 1. The van der Waals surface area contributed by atoms with Gasteiger partial charge in [0.15, 0.2) is 0 Å². The van der Waals surface area contributed by atoms with E-state index in [4.69, 9.17) is 5.11 Å². The summed E-state index contributed by atoms with van der Waals surface area (Å²) in [6.07, 6.45) is 8.34. The van der Waals surface area contributed by atoms with Crippen LogP contribution in [0.15, 0.2) is 91.0 Å². The molecule has 1 unspecified atom stereocenters. The fourth-order valence-electron chi connectivity index (χ4n) is 6.67. The molecule has 0 bridgehead atoms. The summed E-state index contributed by atoms with van der Waals surface area (Å²) in [5.74, 6) is -1.15. The van der Waals surface area contributed by atoms with Crippen molar-refractivity contribution in [2.75, 3.05) is 11.9 Å². The second-order valence-electron chi connectivity index (χ2n) is 11.5. The zero-order chi connectivity index (χ0) is 28.9. The number of amides is 1. The van der Waals surface area contributed by atoms with E-state index in [0.29, 0.717) is 13.1 Å². The average molecular weight is 559 g/mol. The molecule has 2 aliphatic carbocycles. The van der Waals surface area contributed by atoms with Gasteiger partial charge in [-0.3, -0.25) is 9.59 Å². The quantitative estimate of drug-likeness (QED) is 0.281. The lowest BCUT2D eigenvalue weighted by atomic mass is 9.78. The zero-order valence-corrected chi connectivity index (χ0v) is 24.0. The Morgan fingerprint density at radius 2 is 1.48 bits per heavy atom. The molecular weight excluding hydrogens is 520 g/mol. The van der Waals surface area contributed by atoms with Gasteiger partial charge >= 0.3 is 5.97 Å². The van der Waals surface area contributed by atoms with Crippen LogP contribution >= 0.6 is 0 Å². The highest BCUT2D eigenvalue weighted by atomic mass is 16.4. The van der Waals surface area contributed by atoms with Crippen LogP contribution in [0, 0.1) is 0 Å². The molecule has 0 saturated heterocycles. The minimum atomic E-state index is -0.983. The lowest BCUT2D eigenvalue weighted by molar-refractivity contribution is -0.141. The van der Waals surface area contributed by atoms with Gasteiger partial charge < -0.3 is 15.3 Å². The van der Waals surface area contributed by atoms with Crippen molar-refractivity contribution in [2.45, 2.75) is 64.0 Å². The van der Waals surface area contributed by atoms with Crippen LogP contribution in [-0.2, 0) is 48.2 Å². The number of anilines is 1. The first-order valence-corrected chi connectivity index (χ1v) is 15.2. The first-order chi connectivity index (χ1) is 20.6. The average Bonchev–Trinajstić information content (AvgIpc) is 3.16. The maximum Gasteiger partial charge on any atom is 0.305 e. The molecule has 0 fully saturated rings. The number of aryl methyl sites for hydroxylation is 2. The zero-order valence-electron chi connectivity index (χ0n) is 24.0. The molecule has 7 rings (SSSR count). The summed E-state index contributed by atoms with van der Waals surface area (Å²) in [5, 5.41) is 12.2. The third kappa shape index (κ3) is 6.11. The van der Waals surface area contributed by atoms with Crippen LogP contribution in [0.4, 0.5) is 5.69 Å². The van der Waals surface area contributed by atoms with Crippen molar-refractivity contribution in [3.63, 3.8) is 0 Å². The number of fused-ring (bicyclic) bond motifs is 6. The Kier molecular flexibility index (Phi) is 8.36. The predicted octanol–water partition coefficient (Wildman–Crippen LogP) is 6.86. The number of carboxylic acids is 1. The number of hydrogen-bond donors (Lipinski definition) is 2. The molecule has 1 heterocycles. The molecule has 0 saturated carbocycles. The summed E-state index contributed by atoms with van der Waals surface area (Å²) in [6.45, 7) is 1.06. The van der Waals surface area contributed by atoms with Crippen molar-refractivity contribution >= 4 is 17.6 Å². The molecule has 0 spiro atoms. The van der Waals surface area contributed by atoms with Crippen molar-refractivity contribution in [1.82, 2.24) is 4.90 Å². The summed E-state index contributed by atoms with van der Waals surface area (Å²) in [5.41, 5.74) is 12.5. The van der Waals surface area contributed by atoms with Gasteiger partial charge in [0.25, 0.3) is 0 Å². The Morgan fingerprint density at radius 1 is 0.738 bits per heavy atom. The van der Waals surface area contributed by atoms with E-state index in [9.17, 15) is 9.59 Å². The molecule has 5 heteroatoms. The van der Waals surface area contributed by atoms with Crippen molar-refractivity contribution in [1.29, 1.82) is 0 Å². The number of nitrogens with one attached hydrogen (secondary N) is 1. The minimum Gasteiger partial charge on any atom is -0.481 e. The van der Waals surface area contributed by atoms with Gasteiger partial charge in [-0.15, -0.1) is 0 Å². The summed E-state index contributed by atoms with van der Waals surface area (Å²) in [6, 6.07) is 30.6. The summed E-state index contributed by atoms with van der Waals surface area (Å²) < 4.78 is 0. The van der Waals surface area contributed by atoms with Crippen molar-refractivity contribution in [3.8, 4) is 11.1 Å². The van der Waals surface area contributed by atoms with Gasteiger partial charge in [-0.2, -0.15) is 0 Å². The lowest BCUT2D eigenvalue weighted by Gasteiger charge is -2.26. The molecule has 1 atom stereocenters. The van der Waals surface area contributed by atoms with Gasteiger partial charge in [0.2, 0.25) is 5.91 Å². The summed E-state index contributed by atoms with van der Waals surface area (Å²) >= 11 is 0.